The van der Waals surface area contributed by atoms with Crippen LogP contribution in [0.2, 0.25) is 0 Å². The Hall–Kier alpha value is -1.40. The molecule has 5 nitrogen and oxygen atoms in total. The molecule has 19 heavy (non-hydrogen) atoms. The Balaban J connectivity index is 2.08. The van der Waals surface area contributed by atoms with E-state index in [9.17, 15) is 13.2 Å². The zero-order chi connectivity index (χ0) is 14.1. The molecular weight excluding hydrogens is 266 g/mol. The summed E-state index contributed by atoms with van der Waals surface area (Å²) in [5.74, 6) is -1.07. The van der Waals surface area contributed by atoms with Crippen LogP contribution >= 0.6 is 0 Å². The molecule has 104 valence electrons. The molecule has 1 fully saturated rings. The first kappa shape index (κ1) is 14.0. The smallest absolute Gasteiger partial charge is 0.335 e. The molecular formula is C13H17NO4S. The molecule has 1 aromatic carbocycles. The minimum absolute atomic E-state index is 0.0636. The SMILES string of the molecule is CC1(CNS(=O)(=O)c2ccc(C(=O)O)cc2)CCC1. The predicted octanol–water partition coefficient (Wildman–Crippen LogP) is 1.85. The van der Waals surface area contributed by atoms with Crippen molar-refractivity contribution in [2.45, 2.75) is 31.1 Å². The van der Waals surface area contributed by atoms with E-state index in [0.717, 1.165) is 19.3 Å². The first-order valence-corrected chi connectivity index (χ1v) is 7.64. The summed E-state index contributed by atoms with van der Waals surface area (Å²) in [6.45, 7) is 2.49. The van der Waals surface area contributed by atoms with E-state index in [4.69, 9.17) is 5.11 Å². The highest BCUT2D eigenvalue weighted by Gasteiger charge is 2.33. The molecule has 1 aromatic rings. The molecule has 2 rings (SSSR count). The molecule has 6 heteroatoms. The molecule has 0 aromatic heterocycles. The topological polar surface area (TPSA) is 83.5 Å². The van der Waals surface area contributed by atoms with Gasteiger partial charge in [0.25, 0.3) is 0 Å². The molecule has 1 aliphatic rings. The lowest BCUT2D eigenvalue weighted by molar-refractivity contribution is 0.0696. The number of carboxylic acid groups (broad SMARTS) is 1. The van der Waals surface area contributed by atoms with E-state index in [0.29, 0.717) is 6.54 Å². The van der Waals surface area contributed by atoms with Crippen LogP contribution in [0.4, 0.5) is 0 Å². The van der Waals surface area contributed by atoms with Crippen LogP contribution in [-0.2, 0) is 10.0 Å². The molecule has 0 aliphatic heterocycles. The number of carbonyl (C=O) groups is 1. The fourth-order valence-corrected chi connectivity index (χ4v) is 3.29. The normalized spacial score (nSPS) is 17.7. The van der Waals surface area contributed by atoms with E-state index in [2.05, 4.69) is 11.6 Å². The Morgan fingerprint density at radius 2 is 1.89 bits per heavy atom. The maximum absolute atomic E-state index is 12.0. The molecule has 2 N–H and O–H groups in total. The summed E-state index contributed by atoms with van der Waals surface area (Å²) in [5, 5.41) is 8.76. The Morgan fingerprint density at radius 3 is 2.32 bits per heavy atom. The number of rotatable bonds is 5. The minimum atomic E-state index is -3.56. The number of carboxylic acids is 1. The summed E-state index contributed by atoms with van der Waals surface area (Å²) in [5.41, 5.74) is 0.138. The number of sulfonamides is 1. The van der Waals surface area contributed by atoms with Crippen LogP contribution in [0.3, 0.4) is 0 Å². The Kier molecular flexibility index (Phi) is 3.64. The Labute approximate surface area is 112 Å². The molecule has 0 amide bonds. The van der Waals surface area contributed by atoms with Gasteiger partial charge in [-0.15, -0.1) is 0 Å². The van der Waals surface area contributed by atoms with Crippen LogP contribution in [0.1, 0.15) is 36.5 Å². The predicted molar refractivity (Wildman–Crippen MR) is 70.5 cm³/mol. The molecule has 0 heterocycles. The fourth-order valence-electron chi connectivity index (χ4n) is 2.09. The quantitative estimate of drug-likeness (QED) is 0.864. The third-order valence-corrected chi connectivity index (χ3v) is 5.08. The lowest BCUT2D eigenvalue weighted by Crippen LogP contribution is -2.39. The molecule has 0 bridgehead atoms. The van der Waals surface area contributed by atoms with Gasteiger partial charge in [0.1, 0.15) is 0 Å². The van der Waals surface area contributed by atoms with E-state index < -0.39 is 16.0 Å². The Morgan fingerprint density at radius 1 is 1.32 bits per heavy atom. The van der Waals surface area contributed by atoms with Gasteiger partial charge in [-0.1, -0.05) is 13.3 Å². The molecule has 1 saturated carbocycles. The van der Waals surface area contributed by atoms with Crippen LogP contribution in [0.5, 0.6) is 0 Å². The average Bonchev–Trinajstić information content (AvgIpc) is 2.34. The molecule has 0 unspecified atom stereocenters. The summed E-state index contributed by atoms with van der Waals surface area (Å²) in [4.78, 5) is 10.8. The van der Waals surface area contributed by atoms with Gasteiger partial charge in [-0.25, -0.2) is 17.9 Å². The van der Waals surface area contributed by atoms with Gasteiger partial charge in [0, 0.05) is 6.54 Å². The maximum atomic E-state index is 12.0. The van der Waals surface area contributed by atoms with Crippen molar-refractivity contribution >= 4 is 16.0 Å². The summed E-state index contributed by atoms with van der Waals surface area (Å²) in [6, 6.07) is 5.22. The lowest BCUT2D eigenvalue weighted by atomic mass is 9.71. The maximum Gasteiger partial charge on any atom is 0.335 e. The van der Waals surface area contributed by atoms with E-state index >= 15 is 0 Å². The number of nitrogens with one attached hydrogen (secondary N) is 1. The highest BCUT2D eigenvalue weighted by molar-refractivity contribution is 7.89. The van der Waals surface area contributed by atoms with Gasteiger partial charge < -0.3 is 5.11 Å². The summed E-state index contributed by atoms with van der Waals surface area (Å²) < 4.78 is 26.7. The summed E-state index contributed by atoms with van der Waals surface area (Å²) >= 11 is 0. The second-order valence-corrected chi connectivity index (χ2v) is 7.09. The number of hydrogen-bond donors (Lipinski definition) is 2. The zero-order valence-corrected chi connectivity index (χ0v) is 11.5. The van der Waals surface area contributed by atoms with Crippen molar-refractivity contribution in [3.8, 4) is 0 Å². The van der Waals surface area contributed by atoms with Crippen molar-refractivity contribution in [3.05, 3.63) is 29.8 Å². The van der Waals surface area contributed by atoms with Crippen LogP contribution < -0.4 is 4.72 Å². The van der Waals surface area contributed by atoms with E-state index in [1.54, 1.807) is 0 Å². The van der Waals surface area contributed by atoms with E-state index in [-0.39, 0.29) is 15.9 Å². The third-order valence-electron chi connectivity index (χ3n) is 3.66. The molecule has 1 aliphatic carbocycles. The second kappa shape index (κ2) is 4.94. The lowest BCUT2D eigenvalue weighted by Gasteiger charge is -2.38. The van der Waals surface area contributed by atoms with Crippen molar-refractivity contribution in [3.63, 3.8) is 0 Å². The largest absolute Gasteiger partial charge is 0.478 e. The monoisotopic (exact) mass is 283 g/mol. The van der Waals surface area contributed by atoms with Gasteiger partial charge >= 0.3 is 5.97 Å². The summed E-state index contributed by atoms with van der Waals surface area (Å²) in [6.07, 6.45) is 3.21. The van der Waals surface area contributed by atoms with Crippen LogP contribution in [0.15, 0.2) is 29.2 Å². The van der Waals surface area contributed by atoms with E-state index in [1.807, 2.05) is 0 Å². The van der Waals surface area contributed by atoms with Crippen LogP contribution in [0, 0.1) is 5.41 Å². The van der Waals surface area contributed by atoms with E-state index in [1.165, 1.54) is 24.3 Å². The molecule has 0 spiro atoms. The van der Waals surface area contributed by atoms with Crippen LogP contribution in [0.25, 0.3) is 0 Å². The molecule has 0 saturated heterocycles. The van der Waals surface area contributed by atoms with Crippen molar-refractivity contribution in [2.75, 3.05) is 6.54 Å². The van der Waals surface area contributed by atoms with Gasteiger partial charge in [-0.2, -0.15) is 0 Å². The highest BCUT2D eigenvalue weighted by atomic mass is 32.2. The first-order valence-electron chi connectivity index (χ1n) is 6.15. The minimum Gasteiger partial charge on any atom is -0.478 e. The van der Waals surface area contributed by atoms with Crippen molar-refractivity contribution in [1.82, 2.24) is 4.72 Å². The highest BCUT2D eigenvalue weighted by Crippen LogP contribution is 2.39. The first-order chi connectivity index (χ1) is 8.82. The van der Waals surface area contributed by atoms with Gasteiger partial charge in [-0.05, 0) is 42.5 Å². The third kappa shape index (κ3) is 3.13. The average molecular weight is 283 g/mol. The summed E-state index contributed by atoms with van der Waals surface area (Å²) in [7, 11) is -3.56. The van der Waals surface area contributed by atoms with Gasteiger partial charge in [-0.3, -0.25) is 0 Å². The fraction of sp³-hybridized carbons (Fsp3) is 0.462. The zero-order valence-electron chi connectivity index (χ0n) is 10.7. The second-order valence-electron chi connectivity index (χ2n) is 5.32. The number of hydrogen-bond acceptors (Lipinski definition) is 3. The number of aromatic carboxylic acids is 1. The molecule has 0 atom stereocenters. The molecule has 0 radical (unpaired) electrons. The van der Waals surface area contributed by atoms with Gasteiger partial charge in [0.2, 0.25) is 10.0 Å². The van der Waals surface area contributed by atoms with Gasteiger partial charge in [0.15, 0.2) is 0 Å². The number of benzene rings is 1. The van der Waals surface area contributed by atoms with Crippen LogP contribution in [-0.4, -0.2) is 26.0 Å². The van der Waals surface area contributed by atoms with Crippen molar-refractivity contribution in [2.24, 2.45) is 5.41 Å². The van der Waals surface area contributed by atoms with Crippen molar-refractivity contribution in [1.29, 1.82) is 0 Å². The Bertz CT molecular complexity index is 573. The standard InChI is InChI=1S/C13H17NO4S/c1-13(7-2-8-13)9-14-19(17,18)11-5-3-10(4-6-11)12(15)16/h3-6,14H,2,7-9H2,1H3,(H,15,16). The van der Waals surface area contributed by atoms with Crippen molar-refractivity contribution < 1.29 is 18.3 Å². The van der Waals surface area contributed by atoms with Gasteiger partial charge in [0.05, 0.1) is 10.5 Å².